The fourth-order valence-corrected chi connectivity index (χ4v) is 1.48. The Morgan fingerprint density at radius 1 is 1.18 bits per heavy atom. The molecular weight excluding hydrogens is 224 g/mol. The van der Waals surface area contributed by atoms with Gasteiger partial charge in [0, 0.05) is 5.39 Å². The zero-order chi connectivity index (χ0) is 12.6. The van der Waals surface area contributed by atoms with Gasteiger partial charge in [0.15, 0.2) is 5.75 Å². The molecular formula is C11H8N2O4. The van der Waals surface area contributed by atoms with E-state index in [-0.39, 0.29) is 16.8 Å². The number of aromatic carboxylic acids is 1. The molecule has 2 aromatic rings. The van der Waals surface area contributed by atoms with Gasteiger partial charge in [-0.25, -0.2) is 9.78 Å². The van der Waals surface area contributed by atoms with E-state index in [2.05, 4.69) is 4.98 Å². The minimum Gasteiger partial charge on any atom is -0.505 e. The number of pyridine rings is 1. The average Bonchev–Trinajstić information content (AvgIpc) is 2.28. The zero-order valence-electron chi connectivity index (χ0n) is 8.54. The minimum atomic E-state index is -1.27. The van der Waals surface area contributed by atoms with E-state index in [1.54, 1.807) is 0 Å². The first-order valence-electron chi connectivity index (χ1n) is 4.66. The van der Waals surface area contributed by atoms with Gasteiger partial charge in [-0.2, -0.15) is 0 Å². The van der Waals surface area contributed by atoms with Crippen molar-refractivity contribution in [2.24, 2.45) is 5.73 Å². The Bertz CT molecular complexity index is 631. The Morgan fingerprint density at radius 3 is 2.41 bits per heavy atom. The Labute approximate surface area is 95.3 Å². The number of hydrogen-bond donors (Lipinski definition) is 3. The van der Waals surface area contributed by atoms with Gasteiger partial charge in [0.2, 0.25) is 0 Å². The summed E-state index contributed by atoms with van der Waals surface area (Å²) in [7, 11) is 0. The van der Waals surface area contributed by atoms with E-state index in [1.807, 2.05) is 0 Å². The van der Waals surface area contributed by atoms with Gasteiger partial charge < -0.3 is 15.9 Å². The Kier molecular flexibility index (Phi) is 2.40. The normalized spacial score (nSPS) is 10.4. The number of benzene rings is 1. The smallest absolute Gasteiger partial charge is 0.339 e. The molecule has 17 heavy (non-hydrogen) atoms. The van der Waals surface area contributed by atoms with Crippen LogP contribution in [0.4, 0.5) is 0 Å². The maximum absolute atomic E-state index is 10.9. The average molecular weight is 232 g/mol. The number of amides is 1. The van der Waals surface area contributed by atoms with Crippen LogP contribution in [0.1, 0.15) is 20.8 Å². The van der Waals surface area contributed by atoms with Crippen molar-refractivity contribution in [3.8, 4) is 5.75 Å². The third-order valence-corrected chi connectivity index (χ3v) is 2.32. The summed E-state index contributed by atoms with van der Waals surface area (Å²) in [5.74, 6) is -2.49. The van der Waals surface area contributed by atoms with Gasteiger partial charge in [-0.15, -0.1) is 0 Å². The van der Waals surface area contributed by atoms with Crippen molar-refractivity contribution in [1.82, 2.24) is 4.98 Å². The number of rotatable bonds is 2. The van der Waals surface area contributed by atoms with Gasteiger partial charge in [0.25, 0.3) is 5.91 Å². The van der Waals surface area contributed by atoms with Gasteiger partial charge in [-0.05, 0) is 12.1 Å². The molecule has 0 aliphatic carbocycles. The lowest BCUT2D eigenvalue weighted by Gasteiger charge is -2.04. The summed E-state index contributed by atoms with van der Waals surface area (Å²) < 4.78 is 0. The lowest BCUT2D eigenvalue weighted by atomic mass is 10.1. The molecule has 0 saturated carbocycles. The molecule has 86 valence electrons. The zero-order valence-corrected chi connectivity index (χ0v) is 8.54. The third-order valence-electron chi connectivity index (χ3n) is 2.32. The molecule has 1 heterocycles. The summed E-state index contributed by atoms with van der Waals surface area (Å²) in [5.41, 5.74) is 4.79. The largest absolute Gasteiger partial charge is 0.505 e. The SMILES string of the molecule is NC(=O)c1ccc2ccc(C(=O)O)c(O)c2n1. The number of carboxylic acid groups (broad SMARTS) is 1. The van der Waals surface area contributed by atoms with E-state index in [0.717, 1.165) is 0 Å². The Morgan fingerprint density at radius 2 is 1.82 bits per heavy atom. The van der Waals surface area contributed by atoms with Crippen LogP contribution in [0.3, 0.4) is 0 Å². The maximum Gasteiger partial charge on any atom is 0.339 e. The second kappa shape index (κ2) is 3.75. The summed E-state index contributed by atoms with van der Waals surface area (Å²) in [5, 5.41) is 19.1. The quantitative estimate of drug-likeness (QED) is 0.706. The van der Waals surface area contributed by atoms with Crippen LogP contribution < -0.4 is 5.73 Å². The Balaban J connectivity index is 2.78. The molecule has 0 spiro atoms. The van der Waals surface area contributed by atoms with Crippen LogP contribution in [-0.4, -0.2) is 27.1 Å². The highest BCUT2D eigenvalue weighted by Gasteiger charge is 2.14. The van der Waals surface area contributed by atoms with E-state index >= 15 is 0 Å². The fourth-order valence-electron chi connectivity index (χ4n) is 1.48. The topological polar surface area (TPSA) is 114 Å². The molecule has 1 aromatic heterocycles. The number of fused-ring (bicyclic) bond motifs is 1. The van der Waals surface area contributed by atoms with Crippen LogP contribution in [-0.2, 0) is 0 Å². The lowest BCUT2D eigenvalue weighted by molar-refractivity contribution is 0.0694. The second-order valence-corrected chi connectivity index (χ2v) is 3.40. The van der Waals surface area contributed by atoms with Crippen LogP contribution in [0.15, 0.2) is 24.3 Å². The van der Waals surface area contributed by atoms with Crippen LogP contribution >= 0.6 is 0 Å². The maximum atomic E-state index is 10.9. The van der Waals surface area contributed by atoms with E-state index in [1.165, 1.54) is 24.3 Å². The number of carbonyl (C=O) groups is 2. The highest BCUT2D eigenvalue weighted by Crippen LogP contribution is 2.27. The van der Waals surface area contributed by atoms with Crippen molar-refractivity contribution in [2.75, 3.05) is 0 Å². The van der Waals surface area contributed by atoms with Crippen molar-refractivity contribution in [1.29, 1.82) is 0 Å². The molecule has 1 amide bonds. The Hall–Kier alpha value is -2.63. The second-order valence-electron chi connectivity index (χ2n) is 3.40. The van der Waals surface area contributed by atoms with Crippen LogP contribution in [0.2, 0.25) is 0 Å². The summed E-state index contributed by atoms with van der Waals surface area (Å²) >= 11 is 0. The van der Waals surface area contributed by atoms with Crippen LogP contribution in [0, 0.1) is 0 Å². The van der Waals surface area contributed by atoms with Gasteiger partial charge >= 0.3 is 5.97 Å². The number of carboxylic acids is 1. The molecule has 0 aliphatic heterocycles. The van der Waals surface area contributed by atoms with Crippen molar-refractivity contribution >= 4 is 22.8 Å². The first-order chi connectivity index (χ1) is 8.00. The molecule has 4 N–H and O–H groups in total. The molecule has 6 heteroatoms. The predicted octanol–water partition coefficient (Wildman–Crippen LogP) is 0.738. The fraction of sp³-hybridized carbons (Fsp3) is 0. The van der Waals surface area contributed by atoms with E-state index < -0.39 is 17.6 Å². The number of nitrogens with two attached hydrogens (primary N) is 1. The van der Waals surface area contributed by atoms with E-state index in [4.69, 9.17) is 10.8 Å². The van der Waals surface area contributed by atoms with Crippen LogP contribution in [0.5, 0.6) is 5.75 Å². The molecule has 0 bridgehead atoms. The highest BCUT2D eigenvalue weighted by atomic mass is 16.4. The monoisotopic (exact) mass is 232 g/mol. The summed E-state index contributed by atoms with van der Waals surface area (Å²) in [6, 6.07) is 5.71. The number of phenols is 1. The van der Waals surface area contributed by atoms with Crippen molar-refractivity contribution in [2.45, 2.75) is 0 Å². The van der Waals surface area contributed by atoms with E-state index in [0.29, 0.717) is 5.39 Å². The number of hydrogen-bond acceptors (Lipinski definition) is 4. The summed E-state index contributed by atoms with van der Waals surface area (Å²) in [6.45, 7) is 0. The number of carbonyl (C=O) groups excluding carboxylic acids is 1. The van der Waals surface area contributed by atoms with Crippen LogP contribution in [0.25, 0.3) is 10.9 Å². The first-order valence-corrected chi connectivity index (χ1v) is 4.66. The molecule has 0 atom stereocenters. The van der Waals surface area contributed by atoms with Crippen molar-refractivity contribution in [3.63, 3.8) is 0 Å². The standard InChI is InChI=1S/C11H8N2O4/c12-10(15)7-4-2-5-1-3-6(11(16)17)9(14)8(5)13-7/h1-4,14H,(H2,12,15)(H,16,17). The molecule has 0 aliphatic rings. The molecule has 1 aromatic carbocycles. The number of primary amides is 1. The van der Waals surface area contributed by atoms with Crippen molar-refractivity contribution in [3.05, 3.63) is 35.5 Å². The lowest BCUT2D eigenvalue weighted by Crippen LogP contribution is -2.12. The van der Waals surface area contributed by atoms with Crippen molar-refractivity contribution < 1.29 is 19.8 Å². The molecule has 0 radical (unpaired) electrons. The molecule has 2 rings (SSSR count). The molecule has 0 unspecified atom stereocenters. The van der Waals surface area contributed by atoms with Gasteiger partial charge in [0.05, 0.1) is 0 Å². The highest BCUT2D eigenvalue weighted by molar-refractivity contribution is 6.00. The number of nitrogens with zero attached hydrogens (tertiary/aromatic N) is 1. The molecule has 0 saturated heterocycles. The van der Waals surface area contributed by atoms with Gasteiger partial charge in [-0.3, -0.25) is 4.79 Å². The van der Waals surface area contributed by atoms with E-state index in [9.17, 15) is 14.7 Å². The minimum absolute atomic E-state index is 0.0321. The third kappa shape index (κ3) is 1.76. The summed E-state index contributed by atoms with van der Waals surface area (Å²) in [6.07, 6.45) is 0. The molecule has 6 nitrogen and oxygen atoms in total. The van der Waals surface area contributed by atoms with Gasteiger partial charge in [-0.1, -0.05) is 12.1 Å². The summed E-state index contributed by atoms with van der Waals surface area (Å²) in [4.78, 5) is 25.6. The predicted molar refractivity (Wildman–Crippen MR) is 58.9 cm³/mol. The first kappa shape index (κ1) is 10.9. The van der Waals surface area contributed by atoms with Gasteiger partial charge in [0.1, 0.15) is 16.8 Å². The number of aromatic hydroxyl groups is 1. The number of aromatic nitrogens is 1. The molecule has 0 fully saturated rings.